The van der Waals surface area contributed by atoms with Gasteiger partial charge in [-0.25, -0.2) is 8.42 Å². The van der Waals surface area contributed by atoms with Gasteiger partial charge in [0.15, 0.2) is 9.84 Å². The summed E-state index contributed by atoms with van der Waals surface area (Å²) in [5.41, 5.74) is 3.10. The molecule has 0 saturated carbocycles. The number of nitrogens with zero attached hydrogens (tertiary/aromatic N) is 4. The topological polar surface area (TPSA) is 96.8 Å². The number of amides is 1. The van der Waals surface area contributed by atoms with Crippen LogP contribution in [0, 0.1) is 13.8 Å². The minimum Gasteiger partial charge on any atom is -0.376 e. The Morgan fingerprint density at radius 2 is 1.97 bits per heavy atom. The zero-order valence-corrected chi connectivity index (χ0v) is 18.8. The van der Waals surface area contributed by atoms with Crippen LogP contribution < -0.4 is 10.2 Å². The van der Waals surface area contributed by atoms with E-state index < -0.39 is 9.84 Å². The van der Waals surface area contributed by atoms with Gasteiger partial charge >= 0.3 is 0 Å². The number of aryl methyl sites for hydroxylation is 1. The lowest BCUT2D eigenvalue weighted by Crippen LogP contribution is -2.50. The van der Waals surface area contributed by atoms with Crippen LogP contribution >= 0.6 is 0 Å². The number of nitrogens with one attached hydrogen (secondary N) is 1. The highest BCUT2D eigenvalue weighted by atomic mass is 32.2. The van der Waals surface area contributed by atoms with Crippen LogP contribution in [0.5, 0.6) is 0 Å². The molecule has 1 N–H and O–H groups in total. The van der Waals surface area contributed by atoms with Crippen LogP contribution in [-0.4, -0.2) is 92.5 Å². The second kappa shape index (κ2) is 8.84. The summed E-state index contributed by atoms with van der Waals surface area (Å²) in [6, 6.07) is -0.0590. The molecule has 1 amide bonds. The zero-order chi connectivity index (χ0) is 21.3. The van der Waals surface area contributed by atoms with E-state index in [1.807, 2.05) is 18.5 Å². The summed E-state index contributed by atoms with van der Waals surface area (Å²) in [5.74, 6) is 0.490. The van der Waals surface area contributed by atoms with Crippen LogP contribution in [0.2, 0.25) is 0 Å². The number of ether oxygens (including phenoxy) is 1. The number of piperazine rings is 1. The normalized spacial score (nSPS) is 26.9. The smallest absolute Gasteiger partial charge is 0.234 e. The average Bonchev–Trinajstić information content (AvgIpc) is 3.41. The Morgan fingerprint density at radius 3 is 2.60 bits per heavy atom. The Kier molecular flexibility index (Phi) is 6.36. The van der Waals surface area contributed by atoms with Crippen molar-refractivity contribution in [2.24, 2.45) is 0 Å². The van der Waals surface area contributed by atoms with E-state index >= 15 is 0 Å². The van der Waals surface area contributed by atoms with Gasteiger partial charge in [-0.3, -0.25) is 14.4 Å². The third kappa shape index (κ3) is 4.81. The van der Waals surface area contributed by atoms with E-state index in [4.69, 9.17) is 4.74 Å². The molecule has 2 atom stereocenters. The minimum atomic E-state index is -2.94. The van der Waals surface area contributed by atoms with Crippen LogP contribution in [0.1, 0.15) is 36.7 Å². The van der Waals surface area contributed by atoms with Gasteiger partial charge in [-0.15, -0.1) is 0 Å². The van der Waals surface area contributed by atoms with Crippen LogP contribution in [-0.2, 0) is 19.4 Å². The lowest BCUT2D eigenvalue weighted by molar-refractivity contribution is -0.122. The first-order chi connectivity index (χ1) is 14.3. The fourth-order valence-electron chi connectivity index (χ4n) is 4.86. The van der Waals surface area contributed by atoms with E-state index in [1.165, 1.54) is 0 Å². The molecule has 9 nitrogen and oxygen atoms in total. The second-order valence-corrected chi connectivity index (χ2v) is 11.0. The molecule has 4 heterocycles. The molecule has 0 bridgehead atoms. The summed E-state index contributed by atoms with van der Waals surface area (Å²) < 4.78 is 31.2. The quantitative estimate of drug-likeness (QED) is 0.680. The molecule has 3 fully saturated rings. The summed E-state index contributed by atoms with van der Waals surface area (Å²) in [5, 5.41) is 7.68. The van der Waals surface area contributed by atoms with Gasteiger partial charge in [-0.2, -0.15) is 5.10 Å². The highest BCUT2D eigenvalue weighted by Gasteiger charge is 2.32. The molecule has 1 aromatic heterocycles. The maximum Gasteiger partial charge on any atom is 0.234 e. The Balaban J connectivity index is 1.30. The van der Waals surface area contributed by atoms with Gasteiger partial charge in [0.1, 0.15) is 0 Å². The molecule has 168 valence electrons. The molecule has 2 unspecified atom stereocenters. The number of anilines is 1. The molecule has 10 heteroatoms. The van der Waals surface area contributed by atoms with E-state index in [2.05, 4.69) is 20.2 Å². The molecule has 1 aromatic rings. The molecule has 3 saturated heterocycles. The third-order valence-corrected chi connectivity index (χ3v) is 8.20. The van der Waals surface area contributed by atoms with Crippen molar-refractivity contribution in [1.82, 2.24) is 20.0 Å². The van der Waals surface area contributed by atoms with E-state index in [9.17, 15) is 13.2 Å². The van der Waals surface area contributed by atoms with Gasteiger partial charge in [0.25, 0.3) is 0 Å². The molecule has 30 heavy (non-hydrogen) atoms. The fraction of sp³-hybridized carbons (Fsp3) is 0.800. The molecular formula is C20H33N5O4S. The first-order valence-corrected chi connectivity index (χ1v) is 12.8. The maximum absolute atomic E-state index is 12.2. The summed E-state index contributed by atoms with van der Waals surface area (Å²) in [4.78, 5) is 16.7. The standard InChI is InChI=1S/C20H33N5O4S/c1-15-20(16(2)25(22-15)17-5-11-30(27,28)14-17)24-8-6-23(7-9-24)13-19(26)21-12-18-4-3-10-29-18/h17-18H,3-14H2,1-2H3,(H,21,26). The number of carbonyl (C=O) groups is 1. The van der Waals surface area contributed by atoms with Gasteiger partial charge in [0, 0.05) is 39.3 Å². The Hall–Kier alpha value is -1.65. The number of hydrogen-bond acceptors (Lipinski definition) is 7. The summed E-state index contributed by atoms with van der Waals surface area (Å²) >= 11 is 0. The number of sulfone groups is 1. The monoisotopic (exact) mass is 439 g/mol. The second-order valence-electron chi connectivity index (χ2n) is 8.72. The highest BCUT2D eigenvalue weighted by molar-refractivity contribution is 7.91. The first-order valence-electron chi connectivity index (χ1n) is 10.9. The number of hydrogen-bond donors (Lipinski definition) is 1. The predicted molar refractivity (Wildman–Crippen MR) is 115 cm³/mol. The van der Waals surface area contributed by atoms with Crippen LogP contribution in [0.25, 0.3) is 0 Å². The first kappa shape index (κ1) is 21.6. The van der Waals surface area contributed by atoms with E-state index in [-0.39, 0.29) is 29.6 Å². The van der Waals surface area contributed by atoms with Gasteiger partial charge < -0.3 is 15.0 Å². The van der Waals surface area contributed by atoms with Crippen molar-refractivity contribution >= 4 is 21.4 Å². The average molecular weight is 440 g/mol. The van der Waals surface area contributed by atoms with Crippen molar-refractivity contribution in [3.05, 3.63) is 11.4 Å². The SMILES string of the molecule is Cc1nn(C2CCS(=O)(=O)C2)c(C)c1N1CCN(CC(=O)NCC2CCCO2)CC1. The fourth-order valence-corrected chi connectivity index (χ4v) is 6.55. The van der Waals surface area contributed by atoms with Crippen molar-refractivity contribution in [3.63, 3.8) is 0 Å². The summed E-state index contributed by atoms with van der Waals surface area (Å²) in [7, 11) is -2.94. The van der Waals surface area contributed by atoms with Crippen molar-refractivity contribution in [2.75, 3.05) is 62.3 Å². The van der Waals surface area contributed by atoms with E-state index in [0.29, 0.717) is 19.5 Å². The Morgan fingerprint density at radius 1 is 1.20 bits per heavy atom. The lowest BCUT2D eigenvalue weighted by Gasteiger charge is -2.36. The van der Waals surface area contributed by atoms with Crippen molar-refractivity contribution in [1.29, 1.82) is 0 Å². The molecule has 0 aromatic carbocycles. The molecular weight excluding hydrogens is 406 g/mol. The number of aromatic nitrogens is 2. The Bertz CT molecular complexity index is 870. The molecule has 0 aliphatic carbocycles. The number of carbonyl (C=O) groups excluding carboxylic acids is 1. The van der Waals surface area contributed by atoms with Crippen molar-refractivity contribution < 1.29 is 17.9 Å². The largest absolute Gasteiger partial charge is 0.376 e. The molecule has 4 rings (SSSR count). The van der Waals surface area contributed by atoms with Crippen molar-refractivity contribution in [3.8, 4) is 0 Å². The van der Waals surface area contributed by atoms with Gasteiger partial charge in [0.05, 0.1) is 47.3 Å². The van der Waals surface area contributed by atoms with Crippen LogP contribution in [0.3, 0.4) is 0 Å². The van der Waals surface area contributed by atoms with Gasteiger partial charge in [-0.1, -0.05) is 0 Å². The molecule has 0 spiro atoms. The van der Waals surface area contributed by atoms with Crippen LogP contribution in [0.15, 0.2) is 0 Å². The summed E-state index contributed by atoms with van der Waals surface area (Å²) in [6.07, 6.45) is 2.91. The minimum absolute atomic E-state index is 0.0570. The van der Waals surface area contributed by atoms with Gasteiger partial charge in [0.2, 0.25) is 5.91 Å². The lowest BCUT2D eigenvalue weighted by atomic mass is 10.2. The van der Waals surface area contributed by atoms with Gasteiger partial charge in [-0.05, 0) is 33.1 Å². The maximum atomic E-state index is 12.2. The highest BCUT2D eigenvalue weighted by Crippen LogP contribution is 2.31. The third-order valence-electron chi connectivity index (χ3n) is 6.45. The molecule has 3 aliphatic rings. The molecule has 3 aliphatic heterocycles. The zero-order valence-electron chi connectivity index (χ0n) is 18.0. The predicted octanol–water partition coefficient (Wildman–Crippen LogP) is 0.277. The molecule has 0 radical (unpaired) electrons. The van der Waals surface area contributed by atoms with Crippen LogP contribution in [0.4, 0.5) is 5.69 Å². The van der Waals surface area contributed by atoms with E-state index in [1.54, 1.807) is 0 Å². The van der Waals surface area contributed by atoms with Crippen molar-refractivity contribution in [2.45, 2.75) is 45.3 Å². The number of rotatable bonds is 6. The summed E-state index contributed by atoms with van der Waals surface area (Å²) in [6.45, 7) is 9.13. The van der Waals surface area contributed by atoms with E-state index in [0.717, 1.165) is 62.7 Å². The Labute approximate surface area is 178 Å².